The molecule has 6 heteroatoms. The molecule has 0 radical (unpaired) electrons. The Morgan fingerprint density at radius 3 is 2.75 bits per heavy atom. The molecule has 1 aromatic carbocycles. The summed E-state index contributed by atoms with van der Waals surface area (Å²) in [5, 5.41) is 11.9. The van der Waals surface area contributed by atoms with Crippen molar-refractivity contribution in [3.8, 4) is 0 Å². The van der Waals surface area contributed by atoms with Gasteiger partial charge in [0.1, 0.15) is 5.82 Å². The maximum atomic E-state index is 11.4. The molecule has 1 heterocycles. The van der Waals surface area contributed by atoms with Gasteiger partial charge in [0.05, 0.1) is 5.75 Å². The molecular weight excluding hydrogens is 272 g/mol. The number of hydrogen-bond acceptors (Lipinski definition) is 4. The fourth-order valence-corrected chi connectivity index (χ4v) is 2.54. The molecule has 0 aliphatic heterocycles. The first-order chi connectivity index (χ1) is 9.70. The van der Waals surface area contributed by atoms with Crippen LogP contribution in [0.15, 0.2) is 35.5 Å². The molecule has 0 spiro atoms. The van der Waals surface area contributed by atoms with Gasteiger partial charge in [-0.15, -0.1) is 10.2 Å². The standard InChI is InChI=1S/C14H18N4OS/c1-3-15-13(19)10-20-14-17-16-12(18(14)2)9-11-7-5-4-6-8-11/h4-8H,3,9-10H2,1-2H3,(H,15,19). The van der Waals surface area contributed by atoms with Gasteiger partial charge < -0.3 is 9.88 Å². The molecule has 20 heavy (non-hydrogen) atoms. The number of aromatic nitrogens is 3. The van der Waals surface area contributed by atoms with Crippen molar-refractivity contribution >= 4 is 17.7 Å². The first-order valence-corrected chi connectivity index (χ1v) is 7.51. The van der Waals surface area contributed by atoms with Crippen molar-refractivity contribution in [2.75, 3.05) is 12.3 Å². The van der Waals surface area contributed by atoms with Crippen molar-refractivity contribution in [3.05, 3.63) is 41.7 Å². The van der Waals surface area contributed by atoms with Gasteiger partial charge in [-0.25, -0.2) is 0 Å². The zero-order valence-corrected chi connectivity index (χ0v) is 12.5. The van der Waals surface area contributed by atoms with Crippen molar-refractivity contribution in [3.63, 3.8) is 0 Å². The Morgan fingerprint density at radius 2 is 2.05 bits per heavy atom. The predicted octanol–water partition coefficient (Wildman–Crippen LogP) is 1.63. The summed E-state index contributed by atoms with van der Waals surface area (Å²) in [6.07, 6.45) is 0.742. The van der Waals surface area contributed by atoms with Crippen LogP contribution in [0.5, 0.6) is 0 Å². The van der Waals surface area contributed by atoms with Crippen LogP contribution in [-0.4, -0.2) is 33.0 Å². The van der Waals surface area contributed by atoms with E-state index in [0.29, 0.717) is 12.3 Å². The maximum Gasteiger partial charge on any atom is 0.230 e. The first kappa shape index (κ1) is 14.6. The largest absolute Gasteiger partial charge is 0.356 e. The van der Waals surface area contributed by atoms with Crippen LogP contribution in [0.4, 0.5) is 0 Å². The van der Waals surface area contributed by atoms with Crippen LogP contribution >= 0.6 is 11.8 Å². The highest BCUT2D eigenvalue weighted by atomic mass is 32.2. The van der Waals surface area contributed by atoms with Crippen LogP contribution in [-0.2, 0) is 18.3 Å². The second-order valence-electron chi connectivity index (χ2n) is 4.36. The van der Waals surface area contributed by atoms with E-state index in [0.717, 1.165) is 17.4 Å². The van der Waals surface area contributed by atoms with E-state index in [4.69, 9.17) is 0 Å². The molecule has 0 fully saturated rings. The monoisotopic (exact) mass is 290 g/mol. The van der Waals surface area contributed by atoms with Crippen LogP contribution < -0.4 is 5.32 Å². The molecule has 0 unspecified atom stereocenters. The average Bonchev–Trinajstić information content (AvgIpc) is 2.79. The number of carbonyl (C=O) groups is 1. The van der Waals surface area contributed by atoms with E-state index in [1.807, 2.05) is 36.7 Å². The Bertz CT molecular complexity index is 568. The summed E-state index contributed by atoms with van der Waals surface area (Å²) in [5.74, 6) is 1.28. The molecule has 0 aliphatic rings. The second-order valence-corrected chi connectivity index (χ2v) is 5.30. The molecule has 0 saturated heterocycles. The predicted molar refractivity (Wildman–Crippen MR) is 79.7 cm³/mol. The molecule has 0 aliphatic carbocycles. The Hall–Kier alpha value is -1.82. The lowest BCUT2D eigenvalue weighted by Gasteiger charge is -2.04. The van der Waals surface area contributed by atoms with Crippen molar-refractivity contribution in [2.45, 2.75) is 18.5 Å². The average molecular weight is 290 g/mol. The minimum Gasteiger partial charge on any atom is -0.356 e. The van der Waals surface area contributed by atoms with Crippen LogP contribution in [0, 0.1) is 0 Å². The normalized spacial score (nSPS) is 10.5. The SMILES string of the molecule is CCNC(=O)CSc1nnc(Cc2ccccc2)n1C. The Balaban J connectivity index is 1.98. The van der Waals surface area contributed by atoms with Crippen LogP contribution in [0.25, 0.3) is 0 Å². The van der Waals surface area contributed by atoms with Gasteiger partial charge in [0.25, 0.3) is 0 Å². The topological polar surface area (TPSA) is 59.8 Å². The number of nitrogens with one attached hydrogen (secondary N) is 1. The lowest BCUT2D eigenvalue weighted by atomic mass is 10.1. The summed E-state index contributed by atoms with van der Waals surface area (Å²) in [4.78, 5) is 11.4. The van der Waals surface area contributed by atoms with Gasteiger partial charge in [-0.2, -0.15) is 0 Å². The van der Waals surface area contributed by atoms with E-state index in [2.05, 4.69) is 27.6 Å². The summed E-state index contributed by atoms with van der Waals surface area (Å²) >= 11 is 1.40. The number of amides is 1. The molecule has 1 aromatic heterocycles. The number of carbonyl (C=O) groups excluding carboxylic acids is 1. The van der Waals surface area contributed by atoms with Gasteiger partial charge in [0.15, 0.2) is 5.16 Å². The van der Waals surface area contributed by atoms with Gasteiger partial charge >= 0.3 is 0 Å². The molecule has 1 amide bonds. The number of nitrogens with zero attached hydrogens (tertiary/aromatic N) is 3. The molecule has 0 saturated carbocycles. The molecule has 2 aromatic rings. The van der Waals surface area contributed by atoms with Crippen LogP contribution in [0.2, 0.25) is 0 Å². The zero-order chi connectivity index (χ0) is 14.4. The summed E-state index contributed by atoms with van der Waals surface area (Å²) in [6, 6.07) is 10.1. The fraction of sp³-hybridized carbons (Fsp3) is 0.357. The van der Waals surface area contributed by atoms with Gasteiger partial charge in [0, 0.05) is 20.0 Å². The summed E-state index contributed by atoms with van der Waals surface area (Å²) < 4.78 is 1.94. The van der Waals surface area contributed by atoms with Gasteiger partial charge in [-0.05, 0) is 12.5 Å². The lowest BCUT2D eigenvalue weighted by Crippen LogP contribution is -2.24. The van der Waals surface area contributed by atoms with E-state index < -0.39 is 0 Å². The zero-order valence-electron chi connectivity index (χ0n) is 11.7. The highest BCUT2D eigenvalue weighted by molar-refractivity contribution is 7.99. The third-order valence-electron chi connectivity index (χ3n) is 2.84. The van der Waals surface area contributed by atoms with Crippen molar-refractivity contribution < 1.29 is 4.79 Å². The van der Waals surface area contributed by atoms with Crippen LogP contribution in [0.1, 0.15) is 18.3 Å². The molecule has 106 valence electrons. The maximum absolute atomic E-state index is 11.4. The lowest BCUT2D eigenvalue weighted by molar-refractivity contribution is -0.118. The van der Waals surface area contributed by atoms with Gasteiger partial charge in [-0.3, -0.25) is 4.79 Å². The number of thioether (sulfide) groups is 1. The van der Waals surface area contributed by atoms with E-state index in [9.17, 15) is 4.79 Å². The quantitative estimate of drug-likeness (QED) is 0.822. The fourth-order valence-electron chi connectivity index (χ4n) is 1.78. The van der Waals surface area contributed by atoms with Crippen molar-refractivity contribution in [1.82, 2.24) is 20.1 Å². The molecule has 1 N–H and O–H groups in total. The summed E-state index contributed by atoms with van der Waals surface area (Å²) in [5.41, 5.74) is 1.20. The number of rotatable bonds is 6. The summed E-state index contributed by atoms with van der Waals surface area (Å²) in [6.45, 7) is 2.56. The third-order valence-corrected chi connectivity index (χ3v) is 3.86. The number of benzene rings is 1. The number of hydrogen-bond donors (Lipinski definition) is 1. The highest BCUT2D eigenvalue weighted by Crippen LogP contribution is 2.16. The molecule has 0 atom stereocenters. The van der Waals surface area contributed by atoms with E-state index in [1.165, 1.54) is 17.3 Å². The Morgan fingerprint density at radius 1 is 1.30 bits per heavy atom. The first-order valence-electron chi connectivity index (χ1n) is 6.52. The smallest absolute Gasteiger partial charge is 0.230 e. The van der Waals surface area contributed by atoms with Gasteiger partial charge in [0.2, 0.25) is 5.91 Å². The summed E-state index contributed by atoms with van der Waals surface area (Å²) in [7, 11) is 1.93. The molecule has 2 rings (SSSR count). The minimum absolute atomic E-state index is 0.0186. The van der Waals surface area contributed by atoms with Crippen LogP contribution in [0.3, 0.4) is 0 Å². The molecular formula is C14H18N4OS. The Kier molecular flexibility index (Phi) is 5.17. The Labute approximate surface area is 122 Å². The molecule has 0 bridgehead atoms. The molecule has 5 nitrogen and oxygen atoms in total. The van der Waals surface area contributed by atoms with E-state index in [-0.39, 0.29) is 5.91 Å². The van der Waals surface area contributed by atoms with Crippen molar-refractivity contribution in [2.24, 2.45) is 7.05 Å². The van der Waals surface area contributed by atoms with Gasteiger partial charge in [-0.1, -0.05) is 42.1 Å². The van der Waals surface area contributed by atoms with Crippen molar-refractivity contribution in [1.29, 1.82) is 0 Å². The van der Waals surface area contributed by atoms with E-state index >= 15 is 0 Å². The van der Waals surface area contributed by atoms with E-state index in [1.54, 1.807) is 0 Å². The minimum atomic E-state index is 0.0186. The third kappa shape index (κ3) is 3.84. The highest BCUT2D eigenvalue weighted by Gasteiger charge is 2.11. The second kappa shape index (κ2) is 7.09.